The van der Waals surface area contributed by atoms with Gasteiger partial charge in [0.25, 0.3) is 0 Å². The number of amides is 1. The number of esters is 1. The second kappa shape index (κ2) is 11.8. The molecule has 0 unspecified atom stereocenters. The van der Waals surface area contributed by atoms with E-state index in [1.165, 1.54) is 24.4 Å². The summed E-state index contributed by atoms with van der Waals surface area (Å²) in [7, 11) is -2.05. The monoisotopic (exact) mass is 488 g/mol. The molecule has 2 aromatic carbocycles. The molecule has 3 rings (SSSR count). The molecule has 1 heterocycles. The Hall–Kier alpha value is -3.21. The molecule has 1 fully saturated rings. The Kier molecular flexibility index (Phi) is 8.80. The average molecular weight is 489 g/mol. The number of ether oxygens (including phenoxy) is 3. The third-order valence-corrected chi connectivity index (χ3v) is 7.03. The van der Waals surface area contributed by atoms with E-state index < -0.39 is 16.0 Å². The first kappa shape index (κ1) is 25.4. The number of nitrogens with one attached hydrogen (secondary N) is 1. The molecule has 1 amide bonds. The van der Waals surface area contributed by atoms with Gasteiger partial charge in [-0.15, -0.1) is 0 Å². The molecule has 2 aromatic rings. The Morgan fingerprint density at radius 3 is 2.44 bits per heavy atom. The molecule has 182 valence electrons. The molecule has 0 radical (unpaired) electrons. The van der Waals surface area contributed by atoms with Crippen molar-refractivity contribution in [3.05, 3.63) is 59.7 Å². The van der Waals surface area contributed by atoms with Crippen LogP contribution in [0.1, 0.15) is 18.1 Å². The first-order chi connectivity index (χ1) is 16.3. The van der Waals surface area contributed by atoms with Gasteiger partial charge < -0.3 is 19.5 Å². The van der Waals surface area contributed by atoms with Gasteiger partial charge in [0, 0.05) is 32.6 Å². The van der Waals surface area contributed by atoms with E-state index in [9.17, 15) is 18.0 Å². The molecular weight excluding hydrogens is 460 g/mol. The van der Waals surface area contributed by atoms with Crippen LogP contribution in [0.3, 0.4) is 0 Å². The number of rotatable bonds is 9. The first-order valence-corrected chi connectivity index (χ1v) is 12.2. The smallest absolute Gasteiger partial charge is 0.308 e. The molecule has 0 aromatic heterocycles. The molecule has 0 atom stereocenters. The molecule has 1 aliphatic rings. The Balaban J connectivity index is 1.50. The zero-order valence-corrected chi connectivity index (χ0v) is 20.0. The summed E-state index contributed by atoms with van der Waals surface area (Å²) >= 11 is 0. The number of nitrogens with zero attached hydrogens (tertiary/aromatic N) is 1. The molecule has 0 spiro atoms. The van der Waals surface area contributed by atoms with E-state index >= 15 is 0 Å². The maximum Gasteiger partial charge on any atom is 0.308 e. The highest BCUT2D eigenvalue weighted by Crippen LogP contribution is 2.28. The maximum atomic E-state index is 12.7. The average Bonchev–Trinajstić information content (AvgIpc) is 2.84. The second-order valence-corrected chi connectivity index (χ2v) is 9.48. The van der Waals surface area contributed by atoms with Crippen LogP contribution in [0.2, 0.25) is 0 Å². The topological polar surface area (TPSA) is 111 Å². The second-order valence-electron chi connectivity index (χ2n) is 7.54. The van der Waals surface area contributed by atoms with E-state index in [1.807, 2.05) is 0 Å². The zero-order chi connectivity index (χ0) is 24.6. The molecule has 0 aliphatic carbocycles. The predicted molar refractivity (Wildman–Crippen MR) is 126 cm³/mol. The fraction of sp³-hybridized carbons (Fsp3) is 0.333. The van der Waals surface area contributed by atoms with E-state index in [2.05, 4.69) is 5.32 Å². The molecule has 0 saturated carbocycles. The van der Waals surface area contributed by atoms with Crippen LogP contribution in [-0.2, 0) is 30.8 Å². The Morgan fingerprint density at radius 1 is 1.09 bits per heavy atom. The summed E-state index contributed by atoms with van der Waals surface area (Å²) in [6.07, 6.45) is 3.58. The summed E-state index contributed by atoms with van der Waals surface area (Å²) in [6.45, 7) is 3.21. The van der Waals surface area contributed by atoms with Gasteiger partial charge in [-0.2, -0.15) is 4.31 Å². The van der Waals surface area contributed by atoms with E-state index in [4.69, 9.17) is 14.2 Å². The normalized spacial score (nSPS) is 14.6. The van der Waals surface area contributed by atoms with Crippen molar-refractivity contribution < 1.29 is 32.2 Å². The van der Waals surface area contributed by atoms with E-state index in [-0.39, 0.29) is 10.8 Å². The lowest BCUT2D eigenvalue weighted by Gasteiger charge is -2.26. The van der Waals surface area contributed by atoms with Gasteiger partial charge in [0.15, 0.2) is 11.5 Å². The van der Waals surface area contributed by atoms with E-state index in [0.717, 1.165) is 5.56 Å². The first-order valence-electron chi connectivity index (χ1n) is 10.8. The van der Waals surface area contributed by atoms with Crippen molar-refractivity contribution in [3.63, 3.8) is 0 Å². The molecule has 1 saturated heterocycles. The van der Waals surface area contributed by atoms with Gasteiger partial charge >= 0.3 is 5.97 Å². The number of benzene rings is 2. The maximum absolute atomic E-state index is 12.7. The fourth-order valence-electron chi connectivity index (χ4n) is 3.35. The van der Waals surface area contributed by atoms with Crippen LogP contribution in [0.15, 0.2) is 53.4 Å². The zero-order valence-electron chi connectivity index (χ0n) is 19.2. The summed E-state index contributed by atoms with van der Waals surface area (Å²) in [4.78, 5) is 23.5. The van der Waals surface area contributed by atoms with Gasteiger partial charge in [0.2, 0.25) is 15.9 Å². The van der Waals surface area contributed by atoms with Gasteiger partial charge in [-0.3, -0.25) is 9.59 Å². The van der Waals surface area contributed by atoms with Crippen molar-refractivity contribution in [2.24, 2.45) is 0 Å². The Labute approximate surface area is 199 Å². The molecular formula is C24H28N2O7S. The van der Waals surface area contributed by atoms with Crippen molar-refractivity contribution in [2.45, 2.75) is 18.2 Å². The largest absolute Gasteiger partial charge is 0.493 e. The van der Waals surface area contributed by atoms with Crippen molar-refractivity contribution in [1.29, 1.82) is 0 Å². The highest BCUT2D eigenvalue weighted by Gasteiger charge is 2.26. The van der Waals surface area contributed by atoms with Crippen LogP contribution in [0.5, 0.6) is 11.5 Å². The highest BCUT2D eigenvalue weighted by atomic mass is 32.2. The lowest BCUT2D eigenvalue weighted by molar-refractivity contribution is -0.132. The Morgan fingerprint density at radius 2 is 1.79 bits per heavy atom. The van der Waals surface area contributed by atoms with Gasteiger partial charge in [0.1, 0.15) is 0 Å². The van der Waals surface area contributed by atoms with Crippen LogP contribution in [0, 0.1) is 0 Å². The minimum absolute atomic E-state index is 0.250. The van der Waals surface area contributed by atoms with Crippen LogP contribution in [0.25, 0.3) is 6.08 Å². The van der Waals surface area contributed by atoms with Crippen LogP contribution in [-0.4, -0.2) is 64.6 Å². The highest BCUT2D eigenvalue weighted by molar-refractivity contribution is 7.89. The minimum atomic E-state index is -3.52. The van der Waals surface area contributed by atoms with Crippen LogP contribution in [0.4, 0.5) is 0 Å². The number of hydrogen-bond donors (Lipinski definition) is 1. The summed E-state index contributed by atoms with van der Waals surface area (Å²) < 4.78 is 42.3. The summed E-state index contributed by atoms with van der Waals surface area (Å²) in [5, 5.41) is 2.80. The number of sulfonamides is 1. The molecule has 9 nitrogen and oxygen atoms in total. The van der Waals surface area contributed by atoms with Crippen molar-refractivity contribution in [2.75, 3.05) is 40.0 Å². The molecule has 10 heteroatoms. The lowest BCUT2D eigenvalue weighted by Crippen LogP contribution is -2.40. The molecule has 34 heavy (non-hydrogen) atoms. The number of hydrogen-bond acceptors (Lipinski definition) is 7. The van der Waals surface area contributed by atoms with Gasteiger partial charge in [0.05, 0.1) is 25.2 Å². The van der Waals surface area contributed by atoms with Crippen molar-refractivity contribution >= 4 is 28.0 Å². The molecule has 1 N–H and O–H groups in total. The fourth-order valence-corrected chi connectivity index (χ4v) is 4.76. The van der Waals surface area contributed by atoms with Crippen molar-refractivity contribution in [1.82, 2.24) is 9.62 Å². The molecule has 0 bridgehead atoms. The van der Waals surface area contributed by atoms with Crippen LogP contribution < -0.4 is 14.8 Å². The third-order valence-electron chi connectivity index (χ3n) is 5.11. The summed E-state index contributed by atoms with van der Waals surface area (Å²) in [5.41, 5.74) is 1.62. The predicted octanol–water partition coefficient (Wildman–Crippen LogP) is 2.01. The number of carbonyl (C=O) groups excluding carboxylic acids is 2. The van der Waals surface area contributed by atoms with Gasteiger partial charge in [-0.05, 0) is 47.9 Å². The summed E-state index contributed by atoms with van der Waals surface area (Å²) in [6, 6.07) is 11.7. The van der Waals surface area contributed by atoms with E-state index in [0.29, 0.717) is 56.3 Å². The van der Waals surface area contributed by atoms with Crippen LogP contribution >= 0.6 is 0 Å². The van der Waals surface area contributed by atoms with E-state index in [1.54, 1.807) is 48.5 Å². The van der Waals surface area contributed by atoms with Gasteiger partial charge in [-0.1, -0.05) is 18.2 Å². The number of morpholine rings is 1. The third kappa shape index (κ3) is 6.89. The summed E-state index contributed by atoms with van der Waals surface area (Å²) in [5.74, 6) is -0.0268. The minimum Gasteiger partial charge on any atom is -0.493 e. The Bertz CT molecular complexity index is 1140. The quantitative estimate of drug-likeness (QED) is 0.327. The SMILES string of the molecule is COc1cc(/C=C/C(=O)NCCc2ccc(S(=O)(=O)N3CCOCC3)cc2)ccc1OC(C)=O. The standard InChI is InChI=1S/C24H28N2O7S/c1-18(27)33-22-9-5-20(17-23(22)31-2)6-10-24(28)25-12-11-19-3-7-21(8-4-19)34(29,30)26-13-15-32-16-14-26/h3-10,17H,11-16H2,1-2H3,(H,25,28)/b10-6+. The molecule has 1 aliphatic heterocycles. The lowest BCUT2D eigenvalue weighted by atomic mass is 10.1. The van der Waals surface area contributed by atoms with Crippen molar-refractivity contribution in [3.8, 4) is 11.5 Å². The van der Waals surface area contributed by atoms with Gasteiger partial charge in [-0.25, -0.2) is 8.42 Å². The number of methoxy groups -OCH3 is 1. The number of carbonyl (C=O) groups is 2.